The third-order valence-corrected chi connectivity index (χ3v) is 17.2. The molecular weight excluding hydrogens is 804 g/mol. The minimum atomic E-state index is -2.05. The fraction of sp³-hybridized carbons (Fsp3) is 0.857. The summed E-state index contributed by atoms with van der Waals surface area (Å²) in [5, 5.41) is 83.0. The van der Waals surface area contributed by atoms with Gasteiger partial charge in [0.15, 0.2) is 30.6 Å². The summed E-state index contributed by atoms with van der Waals surface area (Å²) in [5.41, 5.74) is -1.81. The van der Waals surface area contributed by atoms with E-state index in [4.69, 9.17) is 18.9 Å². The van der Waals surface area contributed by atoms with Crippen LogP contribution >= 0.6 is 0 Å². The Kier molecular flexibility index (Phi) is 14.0. The molecule has 0 amide bonds. The van der Waals surface area contributed by atoms with E-state index in [2.05, 4.69) is 27.7 Å². The Bertz CT molecular complexity index is 1750. The van der Waals surface area contributed by atoms with Crippen molar-refractivity contribution in [3.8, 4) is 0 Å². The highest BCUT2D eigenvalue weighted by molar-refractivity contribution is 5.95. The molecule has 0 aromatic rings. The van der Waals surface area contributed by atoms with Crippen LogP contribution in [0.2, 0.25) is 0 Å². The van der Waals surface area contributed by atoms with Crippen LogP contribution in [0.15, 0.2) is 11.6 Å². The number of hydrogen-bond donors (Lipinski definition) is 10. The van der Waals surface area contributed by atoms with Crippen LogP contribution < -0.4 is 12.3 Å². The van der Waals surface area contributed by atoms with E-state index in [1.54, 1.807) is 0 Å². The Morgan fingerprint density at radius 1 is 0.689 bits per heavy atom. The smallest absolute Gasteiger partial charge is 0.335 e. The number of fused-ring (bicyclic) bond motifs is 7. The first-order valence-corrected chi connectivity index (χ1v) is 20.7. The number of aliphatic hydroxyl groups excluding tert-OH is 5. The van der Waals surface area contributed by atoms with E-state index in [1.165, 1.54) is 0 Å². The second-order valence-corrected chi connectivity index (χ2v) is 20.6. The van der Waals surface area contributed by atoms with Gasteiger partial charge in [-0.1, -0.05) is 47.1 Å². The third-order valence-electron chi connectivity index (χ3n) is 17.2. The molecule has 0 aromatic carbocycles. The molecule has 2 heterocycles. The Balaban J connectivity index is 0.00000273. The van der Waals surface area contributed by atoms with Gasteiger partial charge in [-0.25, -0.2) is 9.59 Å². The largest absolute Gasteiger partial charge is 0.481 e. The molecule has 0 radical (unpaired) electrons. The molecule has 0 unspecified atom stereocenters. The van der Waals surface area contributed by atoms with Crippen LogP contribution in [0.3, 0.4) is 0 Å². The molecule has 350 valence electrons. The lowest BCUT2D eigenvalue weighted by Gasteiger charge is -2.70. The van der Waals surface area contributed by atoms with Gasteiger partial charge in [-0.2, -0.15) is 0 Å². The lowest BCUT2D eigenvalue weighted by molar-refractivity contribution is -0.371. The molecular formula is C42H70N2O17. The number of carboxylic acid groups (broad SMARTS) is 3. The topological polar surface area (TPSA) is 369 Å². The van der Waals surface area contributed by atoms with Gasteiger partial charge in [0.2, 0.25) is 0 Å². The molecule has 7 rings (SSSR count). The van der Waals surface area contributed by atoms with Crippen molar-refractivity contribution in [1.82, 2.24) is 12.3 Å². The molecule has 0 bridgehead atoms. The Labute approximate surface area is 355 Å². The van der Waals surface area contributed by atoms with Crippen LogP contribution in [0.5, 0.6) is 0 Å². The first kappa shape index (κ1) is 51.0. The number of carboxylic acids is 3. The normalized spacial score (nSPS) is 50.0. The molecule has 16 N–H and O–H groups in total. The van der Waals surface area contributed by atoms with Gasteiger partial charge >= 0.3 is 17.9 Å². The summed E-state index contributed by atoms with van der Waals surface area (Å²) in [6.07, 6.45) is -12.2. The van der Waals surface area contributed by atoms with Crippen LogP contribution in [0.4, 0.5) is 0 Å². The van der Waals surface area contributed by atoms with Gasteiger partial charge in [-0.15, -0.1) is 0 Å². The van der Waals surface area contributed by atoms with Crippen LogP contribution in [-0.4, -0.2) is 138 Å². The summed E-state index contributed by atoms with van der Waals surface area (Å²) < 4.78 is 23.4. The highest BCUT2D eigenvalue weighted by atomic mass is 16.8. The van der Waals surface area contributed by atoms with E-state index in [-0.39, 0.29) is 52.1 Å². The van der Waals surface area contributed by atoms with Crippen LogP contribution in [0, 0.1) is 50.2 Å². The number of ether oxygens (including phenoxy) is 4. The van der Waals surface area contributed by atoms with Gasteiger partial charge in [0.05, 0.1) is 11.5 Å². The number of carbonyl (C=O) groups excluding carboxylic acids is 1. The molecule has 6 fully saturated rings. The molecule has 5 aliphatic carbocycles. The zero-order valence-electron chi connectivity index (χ0n) is 36.3. The molecule has 19 atom stereocenters. The van der Waals surface area contributed by atoms with Gasteiger partial charge in [-0.3, -0.25) is 9.59 Å². The maximum absolute atomic E-state index is 14.8. The second-order valence-electron chi connectivity index (χ2n) is 20.6. The minimum absolute atomic E-state index is 0. The second kappa shape index (κ2) is 16.7. The molecule has 2 aliphatic heterocycles. The van der Waals surface area contributed by atoms with E-state index in [0.29, 0.717) is 25.7 Å². The number of aliphatic hydroxyl groups is 5. The van der Waals surface area contributed by atoms with E-state index < -0.39 is 107 Å². The van der Waals surface area contributed by atoms with Crippen molar-refractivity contribution in [1.29, 1.82) is 0 Å². The number of aliphatic carboxylic acids is 3. The third kappa shape index (κ3) is 7.47. The zero-order valence-corrected chi connectivity index (χ0v) is 36.3. The summed E-state index contributed by atoms with van der Waals surface area (Å²) in [5.74, 6) is -4.47. The number of carbonyl (C=O) groups is 4. The maximum Gasteiger partial charge on any atom is 0.335 e. The fourth-order valence-electron chi connectivity index (χ4n) is 13.4. The highest BCUT2D eigenvalue weighted by Gasteiger charge is 2.71. The molecule has 2 saturated heterocycles. The fourth-order valence-corrected chi connectivity index (χ4v) is 13.4. The maximum atomic E-state index is 14.8. The van der Waals surface area contributed by atoms with Crippen LogP contribution in [0.1, 0.15) is 106 Å². The molecule has 0 aromatic heterocycles. The van der Waals surface area contributed by atoms with Gasteiger partial charge in [0.1, 0.15) is 36.6 Å². The minimum Gasteiger partial charge on any atom is -0.481 e. The number of allylic oxidation sites excluding steroid dienone is 2. The first-order valence-electron chi connectivity index (χ1n) is 20.7. The highest BCUT2D eigenvalue weighted by Crippen LogP contribution is 2.75. The van der Waals surface area contributed by atoms with Crippen molar-refractivity contribution in [2.45, 2.75) is 174 Å². The summed E-state index contributed by atoms with van der Waals surface area (Å²) >= 11 is 0. The van der Waals surface area contributed by atoms with E-state index in [1.807, 2.05) is 26.8 Å². The number of rotatable bonds is 7. The zero-order chi connectivity index (χ0) is 42.9. The van der Waals surface area contributed by atoms with Crippen molar-refractivity contribution >= 4 is 23.7 Å². The summed E-state index contributed by atoms with van der Waals surface area (Å²) in [6, 6.07) is 0. The van der Waals surface area contributed by atoms with E-state index in [9.17, 15) is 60.0 Å². The Morgan fingerprint density at radius 3 is 1.82 bits per heavy atom. The average Bonchev–Trinajstić information content (AvgIpc) is 3.13. The molecule has 0 spiro atoms. The van der Waals surface area contributed by atoms with Gasteiger partial charge in [0.25, 0.3) is 0 Å². The van der Waals surface area contributed by atoms with E-state index >= 15 is 0 Å². The molecule has 61 heavy (non-hydrogen) atoms. The van der Waals surface area contributed by atoms with Gasteiger partial charge in [-0.05, 0) is 110 Å². The van der Waals surface area contributed by atoms with E-state index in [0.717, 1.165) is 37.7 Å². The predicted molar refractivity (Wildman–Crippen MR) is 213 cm³/mol. The standard InChI is InChI=1S/C42H62O16.2H3N.H2O/c1-37(2)21-8-11-42(7)31(20(43)16-18-19-17-39(4,36(53)54)13-12-38(19,3)14-15-41(18,42)6)40(21,5)10-9-22(37)55-35-30(26(47)25(46)29(57-35)33(51)52)58-34-27(48)23(44)24(45)28(56-34)32(49)50;;;/h16,19,21-31,34-35,44-48H,8-15,17H2,1-7H3,(H,49,50)(H,51,52)(H,53,54);2*1H3;1H2/t19-,21+,22+,23+,24+,25+,26+,27-,28+,29+,30-,31-,34+,35-,38-,39+,40+,41-,42-;;;/m1.../s1. The van der Waals surface area contributed by atoms with Crippen molar-refractivity contribution in [2.75, 3.05) is 0 Å². The van der Waals surface area contributed by atoms with Crippen LogP contribution in [-0.2, 0) is 38.1 Å². The van der Waals surface area contributed by atoms with Crippen molar-refractivity contribution < 1.29 is 84.5 Å². The molecule has 19 nitrogen and oxygen atoms in total. The van der Waals surface area contributed by atoms with Crippen LogP contribution in [0.25, 0.3) is 0 Å². The monoisotopic (exact) mass is 874 g/mol. The lowest BCUT2D eigenvalue weighted by atomic mass is 9.33. The SMILES string of the molecule is CC1(C)[C@@H](O[C@@H]2O[C@H](C(=O)O)[C@@H](O)[C@H](O)[C@H]2O[C@@H]2O[C@H](C(=O)O)[C@@H](O)[C@H](O)[C@H]2O)CC[C@]2(C)[C@H]3C(=O)C=C4[C@H]5C[C@@](C)(C(=O)O)CC[C@]5(C)CC[C@@]4(C)[C@]3(C)CC[C@@H]12.N.N.O. The lowest BCUT2D eigenvalue weighted by Crippen LogP contribution is -2.68. The van der Waals surface area contributed by atoms with Crippen molar-refractivity contribution in [3.63, 3.8) is 0 Å². The van der Waals surface area contributed by atoms with Crippen molar-refractivity contribution in [3.05, 3.63) is 11.6 Å². The quantitative estimate of drug-likeness (QED) is 0.163. The first-order chi connectivity index (χ1) is 26.8. The van der Waals surface area contributed by atoms with Gasteiger partial charge in [0, 0.05) is 5.92 Å². The number of hydrogen-bond acceptors (Lipinski definition) is 15. The van der Waals surface area contributed by atoms with Gasteiger partial charge < -0.3 is 77.6 Å². The summed E-state index contributed by atoms with van der Waals surface area (Å²) in [7, 11) is 0. The number of ketones is 1. The summed E-state index contributed by atoms with van der Waals surface area (Å²) in [4.78, 5) is 51.3. The molecule has 4 saturated carbocycles. The predicted octanol–water partition coefficient (Wildman–Crippen LogP) is 1.74. The van der Waals surface area contributed by atoms with Crippen molar-refractivity contribution in [2.24, 2.45) is 50.2 Å². The molecule has 7 aliphatic rings. The summed E-state index contributed by atoms with van der Waals surface area (Å²) in [6.45, 7) is 14.8. The Morgan fingerprint density at radius 2 is 1.25 bits per heavy atom. The molecule has 19 heteroatoms. The average molecular weight is 875 g/mol. The Hall–Kier alpha value is -2.66.